The van der Waals surface area contributed by atoms with Gasteiger partial charge in [0.25, 0.3) is 5.91 Å². The maximum Gasteiger partial charge on any atom is 0.268 e. The Bertz CT molecular complexity index is 519. The monoisotopic (exact) mass is 263 g/mol. The number of rotatable bonds is 3. The van der Waals surface area contributed by atoms with Gasteiger partial charge in [0, 0.05) is 18.7 Å². The second kappa shape index (κ2) is 5.26. The zero-order valence-electron chi connectivity index (χ0n) is 11.0. The molecule has 0 aliphatic carbocycles. The molecule has 0 bridgehead atoms. The molecule has 6 nitrogen and oxygen atoms in total. The van der Waals surface area contributed by atoms with E-state index in [1.807, 2.05) is 24.6 Å². The lowest BCUT2D eigenvalue weighted by molar-refractivity contribution is -0.134. The highest BCUT2D eigenvalue weighted by Gasteiger charge is 2.28. The molecule has 1 aromatic rings. The van der Waals surface area contributed by atoms with E-state index in [9.17, 15) is 14.4 Å². The summed E-state index contributed by atoms with van der Waals surface area (Å²) in [6, 6.07) is 3.03. The summed E-state index contributed by atoms with van der Waals surface area (Å²) in [6.45, 7) is 3.95. The number of carbonyl (C=O) groups is 3. The average molecular weight is 263 g/mol. The van der Waals surface area contributed by atoms with E-state index in [2.05, 4.69) is 10.6 Å². The van der Waals surface area contributed by atoms with E-state index in [0.717, 1.165) is 0 Å². The first-order valence-electron chi connectivity index (χ1n) is 6.30. The van der Waals surface area contributed by atoms with Crippen LogP contribution in [0.2, 0.25) is 0 Å². The van der Waals surface area contributed by atoms with E-state index in [1.165, 1.54) is 0 Å². The molecule has 2 heterocycles. The predicted octanol–water partition coefficient (Wildman–Crippen LogP) is 0.604. The lowest BCUT2D eigenvalue weighted by Gasteiger charge is -2.22. The predicted molar refractivity (Wildman–Crippen MR) is 68.5 cm³/mol. The first kappa shape index (κ1) is 13.3. The van der Waals surface area contributed by atoms with Gasteiger partial charge in [-0.3, -0.25) is 19.7 Å². The molecule has 2 N–H and O–H groups in total. The van der Waals surface area contributed by atoms with Crippen LogP contribution in [0.25, 0.3) is 0 Å². The molecule has 0 radical (unpaired) electrons. The van der Waals surface area contributed by atoms with Crippen LogP contribution in [0.4, 0.5) is 0 Å². The van der Waals surface area contributed by atoms with Gasteiger partial charge >= 0.3 is 0 Å². The molecule has 102 valence electrons. The van der Waals surface area contributed by atoms with Crippen LogP contribution in [-0.2, 0) is 9.59 Å². The molecule has 1 aliphatic heterocycles. The number of aromatic nitrogens is 1. The van der Waals surface area contributed by atoms with Gasteiger partial charge in [-0.1, -0.05) is 0 Å². The fourth-order valence-electron chi connectivity index (χ4n) is 2.10. The summed E-state index contributed by atoms with van der Waals surface area (Å²) in [7, 11) is 0. The summed E-state index contributed by atoms with van der Waals surface area (Å²) in [6.07, 6.45) is 2.42. The van der Waals surface area contributed by atoms with Crippen LogP contribution >= 0.6 is 0 Å². The fourth-order valence-corrected chi connectivity index (χ4v) is 2.10. The Labute approximate surface area is 111 Å². The number of nitrogens with zero attached hydrogens (tertiary/aromatic N) is 1. The Morgan fingerprint density at radius 1 is 1.47 bits per heavy atom. The quantitative estimate of drug-likeness (QED) is 0.784. The third-order valence-corrected chi connectivity index (χ3v) is 3.11. The van der Waals surface area contributed by atoms with Crippen molar-refractivity contribution in [2.24, 2.45) is 0 Å². The van der Waals surface area contributed by atoms with Crippen LogP contribution in [0.5, 0.6) is 0 Å². The van der Waals surface area contributed by atoms with E-state index in [-0.39, 0.29) is 24.3 Å². The molecule has 19 heavy (non-hydrogen) atoms. The topological polar surface area (TPSA) is 80.2 Å². The molecule has 0 aromatic carbocycles. The number of imide groups is 1. The van der Waals surface area contributed by atoms with Crippen molar-refractivity contribution in [3.05, 3.63) is 24.0 Å². The van der Waals surface area contributed by atoms with Gasteiger partial charge in [0.2, 0.25) is 11.8 Å². The van der Waals surface area contributed by atoms with Crippen LogP contribution in [0.3, 0.4) is 0 Å². The molecular weight excluding hydrogens is 246 g/mol. The molecule has 1 atom stereocenters. The molecule has 3 amide bonds. The fraction of sp³-hybridized carbons (Fsp3) is 0.462. The molecule has 1 fully saturated rings. The summed E-state index contributed by atoms with van der Waals surface area (Å²) in [5.41, 5.74) is 0.514. The SMILES string of the molecule is CC(C)n1cccc1C(=O)NC1CCC(=O)NC1=O. The van der Waals surface area contributed by atoms with Crippen molar-refractivity contribution in [2.75, 3.05) is 0 Å². The third kappa shape index (κ3) is 2.83. The van der Waals surface area contributed by atoms with Gasteiger partial charge in [-0.25, -0.2) is 0 Å². The largest absolute Gasteiger partial charge is 0.341 e. The van der Waals surface area contributed by atoms with E-state index >= 15 is 0 Å². The zero-order chi connectivity index (χ0) is 14.0. The number of hydrogen-bond donors (Lipinski definition) is 2. The van der Waals surface area contributed by atoms with Crippen LogP contribution in [0.15, 0.2) is 18.3 Å². The minimum Gasteiger partial charge on any atom is -0.341 e. The van der Waals surface area contributed by atoms with Crippen LogP contribution < -0.4 is 10.6 Å². The van der Waals surface area contributed by atoms with Crippen molar-refractivity contribution in [1.29, 1.82) is 0 Å². The zero-order valence-corrected chi connectivity index (χ0v) is 11.0. The normalized spacial score (nSPS) is 19.4. The lowest BCUT2D eigenvalue weighted by atomic mass is 10.1. The van der Waals surface area contributed by atoms with Crippen molar-refractivity contribution < 1.29 is 14.4 Å². The minimum absolute atomic E-state index is 0.164. The number of nitrogens with one attached hydrogen (secondary N) is 2. The standard InChI is InChI=1S/C13H17N3O3/c1-8(2)16-7-3-4-10(16)13(19)14-9-5-6-11(17)15-12(9)18/h3-4,7-9H,5-6H2,1-2H3,(H,14,19)(H,15,17,18). The van der Waals surface area contributed by atoms with Gasteiger partial charge < -0.3 is 9.88 Å². The Hall–Kier alpha value is -2.11. The minimum atomic E-state index is -0.638. The number of hydrogen-bond acceptors (Lipinski definition) is 3. The third-order valence-electron chi connectivity index (χ3n) is 3.11. The molecule has 1 saturated heterocycles. The Balaban J connectivity index is 2.07. The summed E-state index contributed by atoms with van der Waals surface area (Å²) in [5.74, 6) is -1.03. The van der Waals surface area contributed by atoms with Crippen molar-refractivity contribution in [1.82, 2.24) is 15.2 Å². The maximum atomic E-state index is 12.1. The van der Waals surface area contributed by atoms with Gasteiger partial charge in [0.1, 0.15) is 11.7 Å². The van der Waals surface area contributed by atoms with Crippen molar-refractivity contribution in [2.45, 2.75) is 38.8 Å². The summed E-state index contributed by atoms with van der Waals surface area (Å²) in [5, 5.41) is 4.88. The van der Waals surface area contributed by atoms with Crippen LogP contribution in [0.1, 0.15) is 43.2 Å². The maximum absolute atomic E-state index is 12.1. The van der Waals surface area contributed by atoms with Gasteiger partial charge in [-0.15, -0.1) is 0 Å². The Kier molecular flexibility index (Phi) is 3.69. The molecule has 6 heteroatoms. The van der Waals surface area contributed by atoms with E-state index in [0.29, 0.717) is 12.1 Å². The second-order valence-electron chi connectivity index (χ2n) is 4.87. The first-order chi connectivity index (χ1) is 8.99. The summed E-state index contributed by atoms with van der Waals surface area (Å²) in [4.78, 5) is 34.7. The van der Waals surface area contributed by atoms with Crippen LogP contribution in [-0.4, -0.2) is 28.3 Å². The van der Waals surface area contributed by atoms with Gasteiger partial charge in [-0.2, -0.15) is 0 Å². The lowest BCUT2D eigenvalue weighted by Crippen LogP contribution is -2.52. The molecular formula is C13H17N3O3. The van der Waals surface area contributed by atoms with E-state index < -0.39 is 11.9 Å². The van der Waals surface area contributed by atoms with E-state index in [1.54, 1.807) is 12.1 Å². The Morgan fingerprint density at radius 3 is 2.84 bits per heavy atom. The van der Waals surface area contributed by atoms with E-state index in [4.69, 9.17) is 0 Å². The van der Waals surface area contributed by atoms with Gasteiger partial charge in [0.05, 0.1) is 0 Å². The highest BCUT2D eigenvalue weighted by Crippen LogP contribution is 2.12. The smallest absolute Gasteiger partial charge is 0.268 e. The van der Waals surface area contributed by atoms with Crippen LogP contribution in [0, 0.1) is 0 Å². The number of piperidine rings is 1. The molecule has 1 aromatic heterocycles. The summed E-state index contributed by atoms with van der Waals surface area (Å²) >= 11 is 0. The van der Waals surface area contributed by atoms with Crippen molar-refractivity contribution in [3.8, 4) is 0 Å². The van der Waals surface area contributed by atoms with Gasteiger partial charge in [0.15, 0.2) is 0 Å². The Morgan fingerprint density at radius 2 is 2.21 bits per heavy atom. The molecule has 1 aliphatic rings. The highest BCUT2D eigenvalue weighted by molar-refractivity contribution is 6.03. The number of carbonyl (C=O) groups excluding carboxylic acids is 3. The second-order valence-corrected chi connectivity index (χ2v) is 4.87. The molecule has 2 rings (SSSR count). The van der Waals surface area contributed by atoms with Gasteiger partial charge in [-0.05, 0) is 32.4 Å². The molecule has 1 unspecified atom stereocenters. The van der Waals surface area contributed by atoms with Crippen molar-refractivity contribution >= 4 is 17.7 Å². The molecule has 0 saturated carbocycles. The highest BCUT2D eigenvalue weighted by atomic mass is 16.2. The average Bonchev–Trinajstić information content (AvgIpc) is 2.82. The first-order valence-corrected chi connectivity index (χ1v) is 6.30. The summed E-state index contributed by atoms with van der Waals surface area (Å²) < 4.78 is 1.83. The molecule has 0 spiro atoms. The number of amides is 3. The van der Waals surface area contributed by atoms with Crippen molar-refractivity contribution in [3.63, 3.8) is 0 Å².